The van der Waals surface area contributed by atoms with Crippen molar-refractivity contribution in [1.29, 1.82) is 0 Å². The topological polar surface area (TPSA) is 58.2 Å². The van der Waals surface area contributed by atoms with Gasteiger partial charge in [0.05, 0.1) is 11.5 Å². The summed E-state index contributed by atoms with van der Waals surface area (Å²) in [5.41, 5.74) is 0. The number of thioether (sulfide) groups is 1. The predicted molar refractivity (Wildman–Crippen MR) is 59.7 cm³/mol. The molecule has 0 radical (unpaired) electrons. The van der Waals surface area contributed by atoms with Crippen molar-refractivity contribution in [2.75, 3.05) is 11.5 Å². The first kappa shape index (κ1) is 10.8. The monoisotopic (exact) mass is 228 g/mol. The summed E-state index contributed by atoms with van der Waals surface area (Å²) < 4.78 is 0. The van der Waals surface area contributed by atoms with Crippen molar-refractivity contribution < 1.29 is 9.59 Å². The Hall–Kier alpha value is -0.710. The van der Waals surface area contributed by atoms with Crippen LogP contribution in [0.1, 0.15) is 25.7 Å². The van der Waals surface area contributed by atoms with Gasteiger partial charge in [0.1, 0.15) is 0 Å². The summed E-state index contributed by atoms with van der Waals surface area (Å²) >= 11 is 1.38. The standard InChI is InChI=1S/C10H16N2O2S/c13-9(11-7-1-2-7)5-15-6-10(14)12-8-3-4-8/h7-8H,1-6H2,(H,11,13)(H,12,14). The molecule has 5 heteroatoms. The molecular weight excluding hydrogens is 212 g/mol. The molecule has 2 aliphatic rings. The second-order valence-electron chi connectivity index (χ2n) is 4.18. The van der Waals surface area contributed by atoms with Gasteiger partial charge in [0.15, 0.2) is 0 Å². The average molecular weight is 228 g/mol. The molecule has 0 unspecified atom stereocenters. The molecule has 0 saturated heterocycles. The highest BCUT2D eigenvalue weighted by Crippen LogP contribution is 2.19. The van der Waals surface area contributed by atoms with Gasteiger partial charge in [0.25, 0.3) is 0 Å². The van der Waals surface area contributed by atoms with Crippen LogP contribution in [-0.2, 0) is 9.59 Å². The Morgan fingerprint density at radius 1 is 0.933 bits per heavy atom. The van der Waals surface area contributed by atoms with Crippen LogP contribution in [0.4, 0.5) is 0 Å². The highest BCUT2D eigenvalue weighted by atomic mass is 32.2. The maximum absolute atomic E-state index is 11.2. The zero-order valence-electron chi connectivity index (χ0n) is 8.62. The Bertz CT molecular complexity index is 236. The van der Waals surface area contributed by atoms with Gasteiger partial charge in [-0.2, -0.15) is 0 Å². The van der Waals surface area contributed by atoms with Gasteiger partial charge in [-0.25, -0.2) is 0 Å². The third kappa shape index (κ3) is 4.55. The summed E-state index contributed by atoms with van der Waals surface area (Å²) in [6.07, 6.45) is 4.44. The van der Waals surface area contributed by atoms with Gasteiger partial charge in [-0.3, -0.25) is 9.59 Å². The summed E-state index contributed by atoms with van der Waals surface area (Å²) in [5, 5.41) is 5.78. The largest absolute Gasteiger partial charge is 0.353 e. The highest BCUT2D eigenvalue weighted by molar-refractivity contribution is 8.00. The smallest absolute Gasteiger partial charge is 0.230 e. The number of nitrogens with one attached hydrogen (secondary N) is 2. The Balaban J connectivity index is 1.48. The van der Waals surface area contributed by atoms with Crippen LogP contribution >= 0.6 is 11.8 Å². The van der Waals surface area contributed by atoms with Crippen molar-refractivity contribution in [2.45, 2.75) is 37.8 Å². The van der Waals surface area contributed by atoms with Crippen molar-refractivity contribution >= 4 is 23.6 Å². The number of carbonyl (C=O) groups excluding carboxylic acids is 2. The van der Waals surface area contributed by atoms with Gasteiger partial charge in [0, 0.05) is 12.1 Å². The Kier molecular flexibility index (Phi) is 3.51. The maximum atomic E-state index is 11.2. The van der Waals surface area contributed by atoms with Crippen molar-refractivity contribution in [3.63, 3.8) is 0 Å². The molecule has 2 amide bonds. The van der Waals surface area contributed by atoms with Gasteiger partial charge in [0.2, 0.25) is 11.8 Å². The molecular formula is C10H16N2O2S. The Morgan fingerprint density at radius 3 is 1.67 bits per heavy atom. The zero-order valence-corrected chi connectivity index (χ0v) is 9.44. The van der Waals surface area contributed by atoms with Crippen LogP contribution in [0.15, 0.2) is 0 Å². The lowest BCUT2D eigenvalue weighted by Crippen LogP contribution is -2.30. The summed E-state index contributed by atoms with van der Waals surface area (Å²) in [4.78, 5) is 22.5. The van der Waals surface area contributed by atoms with E-state index in [4.69, 9.17) is 0 Å². The fraction of sp³-hybridized carbons (Fsp3) is 0.800. The summed E-state index contributed by atoms with van der Waals surface area (Å²) in [6.45, 7) is 0. The predicted octanol–water partition coefficient (Wildman–Crippen LogP) is 0.277. The second kappa shape index (κ2) is 4.88. The van der Waals surface area contributed by atoms with E-state index in [-0.39, 0.29) is 11.8 Å². The normalized spacial score (nSPS) is 19.7. The fourth-order valence-electron chi connectivity index (χ4n) is 1.23. The van der Waals surface area contributed by atoms with E-state index in [1.807, 2.05) is 0 Å². The molecule has 0 aromatic rings. The molecule has 2 aliphatic carbocycles. The molecule has 0 aliphatic heterocycles. The first-order valence-corrected chi connectivity index (χ1v) is 6.56. The second-order valence-corrected chi connectivity index (χ2v) is 5.16. The van der Waals surface area contributed by atoms with E-state index < -0.39 is 0 Å². The van der Waals surface area contributed by atoms with Gasteiger partial charge < -0.3 is 10.6 Å². The minimum Gasteiger partial charge on any atom is -0.353 e. The molecule has 15 heavy (non-hydrogen) atoms. The van der Waals surface area contributed by atoms with E-state index >= 15 is 0 Å². The number of hydrogen-bond donors (Lipinski definition) is 2. The first-order chi connectivity index (χ1) is 7.24. The summed E-state index contributed by atoms with van der Waals surface area (Å²) in [6, 6.07) is 0.830. The molecule has 84 valence electrons. The van der Waals surface area contributed by atoms with E-state index in [2.05, 4.69) is 10.6 Å². The van der Waals surface area contributed by atoms with Crippen molar-refractivity contribution in [3.05, 3.63) is 0 Å². The lowest BCUT2D eigenvalue weighted by atomic mass is 10.6. The third-order valence-corrected chi connectivity index (χ3v) is 3.28. The van der Waals surface area contributed by atoms with Crippen LogP contribution in [0, 0.1) is 0 Å². The van der Waals surface area contributed by atoms with Crippen molar-refractivity contribution in [2.24, 2.45) is 0 Å². The average Bonchev–Trinajstić information content (AvgIpc) is 2.99. The van der Waals surface area contributed by atoms with Crippen LogP contribution < -0.4 is 10.6 Å². The minimum atomic E-state index is 0.0571. The van der Waals surface area contributed by atoms with Gasteiger partial charge >= 0.3 is 0 Å². The zero-order chi connectivity index (χ0) is 10.7. The molecule has 0 atom stereocenters. The number of amides is 2. The first-order valence-electron chi connectivity index (χ1n) is 5.40. The molecule has 2 fully saturated rings. The van der Waals surface area contributed by atoms with Gasteiger partial charge in [-0.15, -0.1) is 11.8 Å². The molecule has 0 aromatic heterocycles. The number of hydrogen-bond acceptors (Lipinski definition) is 3. The third-order valence-electron chi connectivity index (χ3n) is 2.35. The van der Waals surface area contributed by atoms with Crippen molar-refractivity contribution in [1.82, 2.24) is 10.6 Å². The number of rotatable bonds is 6. The van der Waals surface area contributed by atoms with E-state index in [0.717, 1.165) is 25.7 Å². The SMILES string of the molecule is O=C(CSCC(=O)NC1CC1)NC1CC1. The van der Waals surface area contributed by atoms with E-state index in [0.29, 0.717) is 23.6 Å². The maximum Gasteiger partial charge on any atom is 0.230 e. The van der Waals surface area contributed by atoms with E-state index in [1.54, 1.807) is 0 Å². The van der Waals surface area contributed by atoms with Crippen LogP contribution in [-0.4, -0.2) is 35.4 Å². The quantitative estimate of drug-likeness (QED) is 0.686. The van der Waals surface area contributed by atoms with Crippen LogP contribution in [0.25, 0.3) is 0 Å². The van der Waals surface area contributed by atoms with Crippen molar-refractivity contribution in [3.8, 4) is 0 Å². The van der Waals surface area contributed by atoms with Crippen LogP contribution in [0.5, 0.6) is 0 Å². The molecule has 2 N–H and O–H groups in total. The number of carbonyl (C=O) groups is 2. The molecule has 2 rings (SSSR count). The minimum absolute atomic E-state index is 0.0571. The van der Waals surface area contributed by atoms with Gasteiger partial charge in [-0.05, 0) is 25.7 Å². The summed E-state index contributed by atoms with van der Waals surface area (Å²) in [5.74, 6) is 0.909. The molecule has 0 bridgehead atoms. The fourth-order valence-corrected chi connectivity index (χ4v) is 1.87. The van der Waals surface area contributed by atoms with E-state index in [1.165, 1.54) is 11.8 Å². The van der Waals surface area contributed by atoms with Gasteiger partial charge in [-0.1, -0.05) is 0 Å². The Morgan fingerprint density at radius 2 is 1.33 bits per heavy atom. The molecule has 2 saturated carbocycles. The van der Waals surface area contributed by atoms with E-state index in [9.17, 15) is 9.59 Å². The Labute approximate surface area is 93.6 Å². The molecule has 0 heterocycles. The summed E-state index contributed by atoms with van der Waals surface area (Å²) in [7, 11) is 0. The highest BCUT2D eigenvalue weighted by Gasteiger charge is 2.24. The van der Waals surface area contributed by atoms with Crippen LogP contribution in [0.2, 0.25) is 0 Å². The van der Waals surface area contributed by atoms with Crippen LogP contribution in [0.3, 0.4) is 0 Å². The molecule has 0 aromatic carbocycles. The lowest BCUT2D eigenvalue weighted by Gasteiger charge is -2.03. The molecule has 0 spiro atoms. The lowest BCUT2D eigenvalue weighted by molar-refractivity contribution is -0.119. The molecule has 4 nitrogen and oxygen atoms in total.